The van der Waals surface area contributed by atoms with Gasteiger partial charge in [0.2, 0.25) is 0 Å². The number of carboxylic acid groups (broad SMARTS) is 1. The Balaban J connectivity index is 1.67. The van der Waals surface area contributed by atoms with E-state index in [1.54, 1.807) is 0 Å². The molecule has 0 amide bonds. The summed E-state index contributed by atoms with van der Waals surface area (Å²) in [5, 5.41) is 22.1. The third-order valence-corrected chi connectivity index (χ3v) is 4.13. The van der Waals surface area contributed by atoms with E-state index in [9.17, 15) is 9.90 Å². The van der Waals surface area contributed by atoms with Crippen LogP contribution in [0.3, 0.4) is 0 Å². The first-order valence-corrected chi connectivity index (χ1v) is 8.30. The molecule has 2 heterocycles. The van der Waals surface area contributed by atoms with Crippen LogP contribution >= 0.6 is 0 Å². The minimum Gasteiger partial charge on any atom is -0.481 e. The van der Waals surface area contributed by atoms with E-state index in [-0.39, 0.29) is 6.42 Å². The number of pyridine rings is 1. The van der Waals surface area contributed by atoms with Crippen molar-refractivity contribution in [2.45, 2.75) is 63.9 Å². The van der Waals surface area contributed by atoms with Gasteiger partial charge < -0.3 is 15.5 Å². The first-order valence-electron chi connectivity index (χ1n) is 8.30. The predicted molar refractivity (Wildman–Crippen MR) is 86.0 cm³/mol. The molecular weight excluding hydrogens is 280 g/mol. The fourth-order valence-corrected chi connectivity index (χ4v) is 2.82. The highest BCUT2D eigenvalue weighted by Gasteiger charge is 2.14. The Kier molecular flexibility index (Phi) is 6.65. The van der Waals surface area contributed by atoms with E-state index >= 15 is 0 Å². The number of carbonyl (C=O) groups is 1. The molecule has 1 aromatic rings. The summed E-state index contributed by atoms with van der Waals surface area (Å²) in [4.78, 5) is 14.9. The third-order valence-electron chi connectivity index (χ3n) is 4.13. The maximum Gasteiger partial charge on any atom is 0.303 e. The average Bonchev–Trinajstić information content (AvgIpc) is 2.53. The molecule has 1 aliphatic rings. The normalized spacial score (nSPS) is 15.0. The SMILES string of the molecule is O=C(O)CCCCCCCC(O)c1ccc2c(n1)NCCC2. The summed E-state index contributed by atoms with van der Waals surface area (Å²) < 4.78 is 0. The first kappa shape index (κ1) is 16.7. The third kappa shape index (κ3) is 5.30. The van der Waals surface area contributed by atoms with Crippen LogP contribution in [-0.4, -0.2) is 27.7 Å². The number of anilines is 1. The molecule has 1 unspecified atom stereocenters. The predicted octanol–water partition coefficient (Wildman–Crippen LogP) is 3.29. The summed E-state index contributed by atoms with van der Waals surface area (Å²) in [5.41, 5.74) is 1.99. The minimum atomic E-state index is -0.720. The van der Waals surface area contributed by atoms with Crippen LogP contribution in [0.15, 0.2) is 12.1 Å². The molecule has 0 radical (unpaired) electrons. The zero-order valence-corrected chi connectivity index (χ0v) is 13.1. The van der Waals surface area contributed by atoms with Crippen LogP contribution in [0.2, 0.25) is 0 Å². The van der Waals surface area contributed by atoms with Crippen molar-refractivity contribution < 1.29 is 15.0 Å². The van der Waals surface area contributed by atoms with Crippen molar-refractivity contribution in [2.24, 2.45) is 0 Å². The number of aliphatic carboxylic acids is 1. The zero-order chi connectivity index (χ0) is 15.8. The molecule has 1 aromatic heterocycles. The molecule has 5 heteroatoms. The van der Waals surface area contributed by atoms with Crippen LogP contribution in [0.1, 0.15) is 68.7 Å². The van der Waals surface area contributed by atoms with Gasteiger partial charge in [-0.3, -0.25) is 4.79 Å². The molecule has 22 heavy (non-hydrogen) atoms. The molecule has 122 valence electrons. The van der Waals surface area contributed by atoms with Crippen molar-refractivity contribution in [1.29, 1.82) is 0 Å². The summed E-state index contributed by atoms with van der Waals surface area (Å²) in [6.07, 6.45) is 7.35. The Bertz CT molecular complexity index is 491. The van der Waals surface area contributed by atoms with Gasteiger partial charge >= 0.3 is 5.97 Å². The number of hydrogen-bond acceptors (Lipinski definition) is 4. The van der Waals surface area contributed by atoms with E-state index in [4.69, 9.17) is 5.11 Å². The van der Waals surface area contributed by atoms with Crippen molar-refractivity contribution >= 4 is 11.8 Å². The highest BCUT2D eigenvalue weighted by Crippen LogP contribution is 2.24. The molecule has 1 aliphatic heterocycles. The molecule has 0 aromatic carbocycles. The van der Waals surface area contributed by atoms with Gasteiger partial charge in [0.15, 0.2) is 0 Å². The number of hydrogen-bond donors (Lipinski definition) is 3. The van der Waals surface area contributed by atoms with Crippen LogP contribution in [0.25, 0.3) is 0 Å². The Hall–Kier alpha value is -1.62. The average molecular weight is 306 g/mol. The van der Waals surface area contributed by atoms with Crippen molar-refractivity contribution in [3.8, 4) is 0 Å². The maximum absolute atomic E-state index is 10.4. The fraction of sp³-hybridized carbons (Fsp3) is 0.647. The highest BCUT2D eigenvalue weighted by molar-refractivity contribution is 5.66. The molecule has 5 nitrogen and oxygen atoms in total. The van der Waals surface area contributed by atoms with Crippen molar-refractivity contribution in [3.63, 3.8) is 0 Å². The van der Waals surface area contributed by atoms with Crippen LogP contribution in [0, 0.1) is 0 Å². The quantitative estimate of drug-likeness (QED) is 0.610. The Morgan fingerprint density at radius 3 is 2.82 bits per heavy atom. The second-order valence-electron chi connectivity index (χ2n) is 5.99. The summed E-state index contributed by atoms with van der Waals surface area (Å²) in [7, 11) is 0. The first-order chi connectivity index (χ1) is 10.7. The number of aryl methyl sites for hydroxylation is 1. The van der Waals surface area contributed by atoms with E-state index in [2.05, 4.69) is 16.4 Å². The van der Waals surface area contributed by atoms with E-state index in [1.807, 2.05) is 6.07 Å². The molecule has 2 rings (SSSR count). The minimum absolute atomic E-state index is 0.259. The topological polar surface area (TPSA) is 82.5 Å². The lowest BCUT2D eigenvalue weighted by atomic mass is 10.0. The summed E-state index contributed by atoms with van der Waals surface area (Å²) in [5.74, 6) is 0.207. The number of rotatable bonds is 9. The number of carboxylic acids is 1. The summed E-state index contributed by atoms with van der Waals surface area (Å²) in [6, 6.07) is 4.00. The number of nitrogens with one attached hydrogen (secondary N) is 1. The van der Waals surface area contributed by atoms with Crippen LogP contribution < -0.4 is 5.32 Å². The molecule has 0 aliphatic carbocycles. The number of unbranched alkanes of at least 4 members (excludes halogenated alkanes) is 4. The maximum atomic E-state index is 10.4. The van der Waals surface area contributed by atoms with E-state index in [1.165, 1.54) is 5.56 Å². The number of aromatic nitrogens is 1. The van der Waals surface area contributed by atoms with Crippen LogP contribution in [-0.2, 0) is 11.2 Å². The molecule has 0 bridgehead atoms. The Morgan fingerprint density at radius 1 is 1.23 bits per heavy atom. The molecule has 1 atom stereocenters. The highest BCUT2D eigenvalue weighted by atomic mass is 16.4. The lowest BCUT2D eigenvalue weighted by molar-refractivity contribution is -0.137. The number of nitrogens with zero attached hydrogens (tertiary/aromatic N) is 1. The van der Waals surface area contributed by atoms with Gasteiger partial charge in [-0.25, -0.2) is 4.98 Å². The van der Waals surface area contributed by atoms with Gasteiger partial charge in [-0.2, -0.15) is 0 Å². The van der Waals surface area contributed by atoms with Crippen molar-refractivity contribution in [3.05, 3.63) is 23.4 Å². The smallest absolute Gasteiger partial charge is 0.303 e. The van der Waals surface area contributed by atoms with E-state index in [0.29, 0.717) is 6.42 Å². The Morgan fingerprint density at radius 2 is 2.00 bits per heavy atom. The monoisotopic (exact) mass is 306 g/mol. The molecule has 0 saturated heterocycles. The number of aliphatic hydroxyl groups is 1. The van der Waals surface area contributed by atoms with Crippen molar-refractivity contribution in [2.75, 3.05) is 11.9 Å². The van der Waals surface area contributed by atoms with Crippen LogP contribution in [0.4, 0.5) is 5.82 Å². The molecule has 0 saturated carbocycles. The van der Waals surface area contributed by atoms with Gasteiger partial charge in [-0.05, 0) is 37.3 Å². The van der Waals surface area contributed by atoms with E-state index < -0.39 is 12.1 Å². The zero-order valence-electron chi connectivity index (χ0n) is 13.1. The van der Waals surface area contributed by atoms with Gasteiger partial charge in [0.05, 0.1) is 11.8 Å². The Labute approximate surface area is 131 Å². The van der Waals surface area contributed by atoms with Gasteiger partial charge in [0, 0.05) is 13.0 Å². The molecule has 0 fully saturated rings. The van der Waals surface area contributed by atoms with Gasteiger partial charge in [0.1, 0.15) is 5.82 Å². The summed E-state index contributed by atoms with van der Waals surface area (Å²) >= 11 is 0. The lowest BCUT2D eigenvalue weighted by Crippen LogP contribution is -2.14. The molecule has 3 N–H and O–H groups in total. The number of fused-ring (bicyclic) bond motifs is 1. The van der Waals surface area contributed by atoms with Crippen molar-refractivity contribution in [1.82, 2.24) is 4.98 Å². The molecular formula is C17H26N2O3. The molecule has 0 spiro atoms. The van der Waals surface area contributed by atoms with Gasteiger partial charge in [-0.15, -0.1) is 0 Å². The van der Waals surface area contributed by atoms with Crippen LogP contribution in [0.5, 0.6) is 0 Å². The largest absolute Gasteiger partial charge is 0.481 e. The lowest BCUT2D eigenvalue weighted by Gasteiger charge is -2.19. The fourth-order valence-electron chi connectivity index (χ4n) is 2.82. The standard InChI is InChI=1S/C17H26N2O3/c20-15(8-4-2-1-3-5-9-16(21)22)14-11-10-13-7-6-12-18-17(13)19-14/h10-11,15,20H,1-9,12H2,(H,18,19)(H,21,22). The van der Waals surface area contributed by atoms with Gasteiger partial charge in [0.25, 0.3) is 0 Å². The van der Waals surface area contributed by atoms with Gasteiger partial charge in [-0.1, -0.05) is 31.7 Å². The second kappa shape index (κ2) is 8.73. The number of aliphatic hydroxyl groups excluding tert-OH is 1. The van der Waals surface area contributed by atoms with E-state index in [0.717, 1.165) is 63.0 Å². The second-order valence-corrected chi connectivity index (χ2v) is 5.99. The summed E-state index contributed by atoms with van der Waals surface area (Å²) in [6.45, 7) is 0.954.